The Labute approximate surface area is 181 Å². The van der Waals surface area contributed by atoms with Crippen LogP contribution in [-0.2, 0) is 11.3 Å². The maximum absolute atomic E-state index is 13.5. The molecular weight excluding hydrogens is 404 g/mol. The van der Waals surface area contributed by atoms with Crippen LogP contribution in [0, 0.1) is 26.6 Å². The van der Waals surface area contributed by atoms with Crippen LogP contribution in [-0.4, -0.2) is 34.9 Å². The number of alkyl halides is 1. The van der Waals surface area contributed by atoms with Crippen LogP contribution in [0.5, 0.6) is 0 Å². The number of carbonyl (C=O) groups is 3. The van der Waals surface area contributed by atoms with Gasteiger partial charge in [-0.05, 0) is 62.9 Å². The normalized spacial score (nSPS) is 11.0. The lowest BCUT2D eigenvalue weighted by Crippen LogP contribution is -2.39. The number of benzene rings is 1. The van der Waals surface area contributed by atoms with Crippen molar-refractivity contribution in [2.45, 2.75) is 60.0 Å². The predicted octanol–water partition coefficient (Wildman–Crippen LogP) is 4.26. The van der Waals surface area contributed by atoms with Crippen molar-refractivity contribution in [1.29, 1.82) is 0 Å². The van der Waals surface area contributed by atoms with E-state index in [1.807, 2.05) is 13.8 Å². The summed E-state index contributed by atoms with van der Waals surface area (Å²) in [4.78, 5) is 38.4. The molecular formula is C23H29F2N3O3. The number of ketones is 1. The van der Waals surface area contributed by atoms with Crippen LogP contribution in [0.15, 0.2) is 18.2 Å². The summed E-state index contributed by atoms with van der Waals surface area (Å²) in [6.45, 7) is 7.62. The molecule has 8 heteroatoms. The highest BCUT2D eigenvalue weighted by molar-refractivity contribution is 6.43. The van der Waals surface area contributed by atoms with Crippen LogP contribution in [0.1, 0.15) is 64.4 Å². The van der Waals surface area contributed by atoms with Gasteiger partial charge in [0.2, 0.25) is 0 Å². The fourth-order valence-electron chi connectivity index (χ4n) is 3.65. The standard InChI is InChI=1S/C23H29F2N3O3/c1-6-16(7-2)26-23(31)21(29)20-14(4)19(15(5)28(20)11-10-24)22(30)27-17-8-9-18(25)13(3)12-17/h8-9,12,16H,6-7,10-11H2,1-5H3,(H,26,31)(H,27,30). The zero-order chi connectivity index (χ0) is 23.3. The molecule has 0 aliphatic rings. The first-order chi connectivity index (χ1) is 14.7. The minimum absolute atomic E-state index is 0.000886. The van der Waals surface area contributed by atoms with Gasteiger partial charge < -0.3 is 15.2 Å². The molecule has 0 spiro atoms. The number of aryl methyl sites for hydroxylation is 1. The Hall–Kier alpha value is -3.03. The molecule has 0 atom stereocenters. The van der Waals surface area contributed by atoms with Gasteiger partial charge in [-0.1, -0.05) is 13.8 Å². The van der Waals surface area contributed by atoms with Crippen molar-refractivity contribution in [2.24, 2.45) is 0 Å². The molecule has 0 radical (unpaired) electrons. The topological polar surface area (TPSA) is 80.2 Å². The van der Waals surface area contributed by atoms with Crippen LogP contribution >= 0.6 is 0 Å². The van der Waals surface area contributed by atoms with Gasteiger partial charge in [-0.2, -0.15) is 0 Å². The van der Waals surface area contributed by atoms with E-state index in [-0.39, 0.29) is 23.8 Å². The first-order valence-corrected chi connectivity index (χ1v) is 10.3. The van der Waals surface area contributed by atoms with Crippen molar-refractivity contribution >= 4 is 23.3 Å². The Kier molecular flexibility index (Phi) is 8.08. The Morgan fingerprint density at radius 3 is 2.29 bits per heavy atom. The highest BCUT2D eigenvalue weighted by Gasteiger charge is 2.30. The monoisotopic (exact) mass is 433 g/mol. The summed E-state index contributed by atoms with van der Waals surface area (Å²) in [6.07, 6.45) is 1.34. The molecule has 1 heterocycles. The highest BCUT2D eigenvalue weighted by Crippen LogP contribution is 2.25. The molecule has 1 aromatic carbocycles. The largest absolute Gasteiger partial charge is 0.346 e. The van der Waals surface area contributed by atoms with Gasteiger partial charge in [0.1, 0.15) is 12.5 Å². The van der Waals surface area contributed by atoms with Crippen LogP contribution in [0.4, 0.5) is 14.5 Å². The number of hydrogen-bond donors (Lipinski definition) is 2. The average molecular weight is 433 g/mol. The summed E-state index contributed by atoms with van der Waals surface area (Å²) in [6, 6.07) is 4.02. The number of nitrogens with one attached hydrogen (secondary N) is 2. The lowest BCUT2D eigenvalue weighted by molar-refractivity contribution is -0.117. The number of anilines is 1. The number of nitrogens with zero attached hydrogens (tertiary/aromatic N) is 1. The number of aromatic nitrogens is 1. The number of amides is 2. The molecule has 2 rings (SSSR count). The Morgan fingerprint density at radius 1 is 1.10 bits per heavy atom. The summed E-state index contributed by atoms with van der Waals surface area (Å²) in [5, 5.41) is 5.37. The summed E-state index contributed by atoms with van der Waals surface area (Å²) in [7, 11) is 0. The molecule has 0 aliphatic carbocycles. The molecule has 2 N–H and O–H groups in total. The van der Waals surface area contributed by atoms with Crippen molar-refractivity contribution in [3.8, 4) is 0 Å². The van der Waals surface area contributed by atoms with E-state index in [1.165, 1.54) is 22.8 Å². The molecule has 0 bridgehead atoms. The van der Waals surface area contributed by atoms with Crippen LogP contribution < -0.4 is 10.6 Å². The van der Waals surface area contributed by atoms with E-state index >= 15 is 0 Å². The minimum atomic E-state index is -0.808. The zero-order valence-electron chi connectivity index (χ0n) is 18.6. The zero-order valence-corrected chi connectivity index (χ0v) is 18.6. The van der Waals surface area contributed by atoms with Gasteiger partial charge >= 0.3 is 0 Å². The summed E-state index contributed by atoms with van der Waals surface area (Å²) < 4.78 is 28.1. The number of carbonyl (C=O) groups excluding carboxylic acids is 3. The van der Waals surface area contributed by atoms with E-state index in [2.05, 4.69) is 10.6 Å². The minimum Gasteiger partial charge on any atom is -0.346 e. The Balaban J connectivity index is 2.43. The third-order valence-corrected chi connectivity index (χ3v) is 5.46. The molecule has 0 aliphatic heterocycles. The third kappa shape index (κ3) is 5.18. The van der Waals surface area contributed by atoms with Crippen molar-refractivity contribution < 1.29 is 23.2 Å². The van der Waals surface area contributed by atoms with Crippen molar-refractivity contribution in [3.63, 3.8) is 0 Å². The molecule has 6 nitrogen and oxygen atoms in total. The molecule has 0 fully saturated rings. The quantitative estimate of drug-likeness (QED) is 0.458. The third-order valence-electron chi connectivity index (χ3n) is 5.46. The fraction of sp³-hybridized carbons (Fsp3) is 0.435. The SMILES string of the molecule is CCC(CC)NC(=O)C(=O)c1c(C)c(C(=O)Nc2ccc(F)c(C)c2)c(C)n1CCF. The van der Waals surface area contributed by atoms with Gasteiger partial charge in [0.05, 0.1) is 17.8 Å². The van der Waals surface area contributed by atoms with Crippen molar-refractivity contribution in [2.75, 3.05) is 12.0 Å². The maximum Gasteiger partial charge on any atom is 0.294 e. The number of Topliss-reactive ketones (excluding diaryl/α,β-unsaturated/α-hetero) is 1. The van der Waals surface area contributed by atoms with Gasteiger partial charge in [0.15, 0.2) is 0 Å². The molecule has 31 heavy (non-hydrogen) atoms. The van der Waals surface area contributed by atoms with Gasteiger partial charge in [-0.15, -0.1) is 0 Å². The Morgan fingerprint density at radius 2 is 1.74 bits per heavy atom. The van der Waals surface area contributed by atoms with Gasteiger partial charge in [0, 0.05) is 17.4 Å². The van der Waals surface area contributed by atoms with E-state index < -0.39 is 30.1 Å². The predicted molar refractivity (Wildman–Crippen MR) is 116 cm³/mol. The number of rotatable bonds is 9. The lowest BCUT2D eigenvalue weighted by Gasteiger charge is -2.15. The molecule has 0 unspecified atom stereocenters. The molecule has 0 saturated heterocycles. The van der Waals surface area contributed by atoms with Crippen molar-refractivity contribution in [1.82, 2.24) is 9.88 Å². The summed E-state index contributed by atoms with van der Waals surface area (Å²) in [5.41, 5.74) is 1.63. The summed E-state index contributed by atoms with van der Waals surface area (Å²) in [5.74, 6) is -2.50. The van der Waals surface area contributed by atoms with Gasteiger partial charge in [0.25, 0.3) is 17.6 Å². The van der Waals surface area contributed by atoms with Crippen LogP contribution in [0.3, 0.4) is 0 Å². The first kappa shape index (κ1) is 24.2. The highest BCUT2D eigenvalue weighted by atomic mass is 19.1. The summed E-state index contributed by atoms with van der Waals surface area (Å²) >= 11 is 0. The van der Waals surface area contributed by atoms with E-state index in [0.717, 1.165) is 0 Å². The molecule has 0 saturated carbocycles. The van der Waals surface area contributed by atoms with Crippen molar-refractivity contribution in [3.05, 3.63) is 52.1 Å². The second-order valence-electron chi connectivity index (χ2n) is 7.51. The van der Waals surface area contributed by atoms with Gasteiger partial charge in [-0.25, -0.2) is 8.78 Å². The van der Waals surface area contributed by atoms with Gasteiger partial charge in [-0.3, -0.25) is 14.4 Å². The first-order valence-electron chi connectivity index (χ1n) is 10.3. The van der Waals surface area contributed by atoms with E-state index in [0.29, 0.717) is 35.3 Å². The lowest BCUT2D eigenvalue weighted by atomic mass is 10.1. The average Bonchev–Trinajstić information content (AvgIpc) is 2.98. The van der Waals surface area contributed by atoms with Crippen LogP contribution in [0.2, 0.25) is 0 Å². The molecule has 168 valence electrons. The molecule has 2 aromatic rings. The molecule has 1 aromatic heterocycles. The number of halogens is 2. The maximum atomic E-state index is 13.5. The van der Waals surface area contributed by atoms with Crippen LogP contribution in [0.25, 0.3) is 0 Å². The number of hydrogen-bond acceptors (Lipinski definition) is 3. The van der Waals surface area contributed by atoms with E-state index in [9.17, 15) is 23.2 Å². The van der Waals surface area contributed by atoms with E-state index in [4.69, 9.17) is 0 Å². The fourth-order valence-corrected chi connectivity index (χ4v) is 3.65. The van der Waals surface area contributed by atoms with E-state index in [1.54, 1.807) is 20.8 Å². The second-order valence-corrected chi connectivity index (χ2v) is 7.51. The Bertz CT molecular complexity index is 994. The smallest absolute Gasteiger partial charge is 0.294 e. The second kappa shape index (κ2) is 10.3. The molecule has 2 amide bonds.